The average Bonchev–Trinajstić information content (AvgIpc) is 2.38. The zero-order valence-electron chi connectivity index (χ0n) is 10.1. The summed E-state index contributed by atoms with van der Waals surface area (Å²) in [5.41, 5.74) is 3.66. The molecule has 0 aliphatic heterocycles. The number of benzene rings is 2. The van der Waals surface area contributed by atoms with Gasteiger partial charge in [0.15, 0.2) is 0 Å². The third-order valence-corrected chi connectivity index (χ3v) is 3.08. The molecule has 2 nitrogen and oxygen atoms in total. The Labute approximate surface area is 105 Å². The van der Waals surface area contributed by atoms with Gasteiger partial charge in [0, 0.05) is 11.1 Å². The lowest BCUT2D eigenvalue weighted by atomic mass is 10.0. The van der Waals surface area contributed by atoms with Gasteiger partial charge in [-0.3, -0.25) is 4.79 Å². The molecular weight excluding hydrogens is 222 g/mol. The molecule has 3 aromatic rings. The Bertz CT molecular complexity index is 771. The summed E-state index contributed by atoms with van der Waals surface area (Å²) >= 11 is 0. The molecular formula is C16H13NO. The molecule has 0 amide bonds. The minimum Gasteiger partial charge on any atom is -0.321 e. The van der Waals surface area contributed by atoms with Gasteiger partial charge < -0.3 is 4.98 Å². The molecule has 0 bridgehead atoms. The molecule has 0 aliphatic carbocycles. The highest BCUT2D eigenvalue weighted by molar-refractivity contribution is 5.83. The quantitative estimate of drug-likeness (QED) is 0.688. The number of aromatic amines is 1. The van der Waals surface area contributed by atoms with E-state index in [-0.39, 0.29) is 5.56 Å². The van der Waals surface area contributed by atoms with Crippen molar-refractivity contribution in [2.75, 3.05) is 0 Å². The molecule has 1 aromatic heterocycles. The molecule has 0 fully saturated rings. The maximum absolute atomic E-state index is 12.1. The second-order valence-electron chi connectivity index (χ2n) is 4.47. The highest BCUT2D eigenvalue weighted by atomic mass is 16.1. The Kier molecular flexibility index (Phi) is 2.49. The van der Waals surface area contributed by atoms with Gasteiger partial charge in [-0.15, -0.1) is 0 Å². The molecule has 18 heavy (non-hydrogen) atoms. The van der Waals surface area contributed by atoms with Gasteiger partial charge in [-0.1, -0.05) is 48.0 Å². The van der Waals surface area contributed by atoms with Gasteiger partial charge in [0.25, 0.3) is 5.56 Å². The zero-order valence-corrected chi connectivity index (χ0v) is 10.1. The van der Waals surface area contributed by atoms with E-state index in [9.17, 15) is 4.79 Å². The monoisotopic (exact) mass is 235 g/mol. The summed E-state index contributed by atoms with van der Waals surface area (Å²) in [7, 11) is 0. The maximum Gasteiger partial charge on any atom is 0.256 e. The molecule has 0 aliphatic rings. The van der Waals surface area contributed by atoms with E-state index in [2.05, 4.69) is 4.98 Å². The standard InChI is InChI=1S/C16H13NO/c1-11-5-4-7-12(9-11)14-10-13-6-2-3-8-15(13)17-16(14)18/h2-10H,1H3,(H,17,18). The molecule has 0 atom stereocenters. The first-order chi connectivity index (χ1) is 8.74. The zero-order chi connectivity index (χ0) is 12.5. The van der Waals surface area contributed by atoms with Crippen molar-refractivity contribution in [1.29, 1.82) is 0 Å². The fourth-order valence-electron chi connectivity index (χ4n) is 2.17. The largest absolute Gasteiger partial charge is 0.321 e. The summed E-state index contributed by atoms with van der Waals surface area (Å²) < 4.78 is 0. The number of pyridine rings is 1. The van der Waals surface area contributed by atoms with Crippen molar-refractivity contribution in [3.05, 3.63) is 70.5 Å². The summed E-state index contributed by atoms with van der Waals surface area (Å²) in [4.78, 5) is 15.0. The second kappa shape index (κ2) is 4.15. The average molecular weight is 235 g/mol. The highest BCUT2D eigenvalue weighted by Crippen LogP contribution is 2.20. The number of H-pyrrole nitrogens is 1. The predicted molar refractivity (Wildman–Crippen MR) is 74.7 cm³/mol. The minimum atomic E-state index is -0.0423. The lowest BCUT2D eigenvalue weighted by molar-refractivity contribution is 1.30. The van der Waals surface area contributed by atoms with E-state index in [0.717, 1.165) is 27.6 Å². The number of aromatic nitrogens is 1. The molecule has 3 rings (SSSR count). The Morgan fingerprint density at radius 1 is 0.944 bits per heavy atom. The SMILES string of the molecule is Cc1cccc(-c2cc3ccccc3[nH]c2=O)c1. The molecule has 0 spiro atoms. The number of fused-ring (bicyclic) bond motifs is 1. The van der Waals surface area contributed by atoms with E-state index in [0.29, 0.717) is 0 Å². The smallest absolute Gasteiger partial charge is 0.256 e. The Morgan fingerprint density at radius 2 is 1.78 bits per heavy atom. The number of aryl methyl sites for hydroxylation is 1. The fourth-order valence-corrected chi connectivity index (χ4v) is 2.17. The molecule has 0 radical (unpaired) electrons. The summed E-state index contributed by atoms with van der Waals surface area (Å²) in [6.45, 7) is 2.03. The van der Waals surface area contributed by atoms with Crippen LogP contribution in [0, 0.1) is 6.92 Å². The molecule has 2 heteroatoms. The van der Waals surface area contributed by atoms with Crippen molar-refractivity contribution in [2.24, 2.45) is 0 Å². The summed E-state index contributed by atoms with van der Waals surface area (Å²) in [5.74, 6) is 0. The van der Waals surface area contributed by atoms with Crippen LogP contribution in [0.15, 0.2) is 59.4 Å². The van der Waals surface area contributed by atoms with E-state index in [1.165, 1.54) is 0 Å². The predicted octanol–water partition coefficient (Wildman–Crippen LogP) is 3.50. The van der Waals surface area contributed by atoms with E-state index in [1.54, 1.807) is 0 Å². The van der Waals surface area contributed by atoms with Gasteiger partial charge >= 0.3 is 0 Å². The molecule has 0 saturated heterocycles. The van der Waals surface area contributed by atoms with Crippen LogP contribution in [0.4, 0.5) is 0 Å². The summed E-state index contributed by atoms with van der Waals surface area (Å²) in [6.07, 6.45) is 0. The minimum absolute atomic E-state index is 0.0423. The Morgan fingerprint density at radius 3 is 2.61 bits per heavy atom. The van der Waals surface area contributed by atoms with Gasteiger partial charge in [-0.25, -0.2) is 0 Å². The Hall–Kier alpha value is -2.35. The lowest BCUT2D eigenvalue weighted by Gasteiger charge is -2.04. The van der Waals surface area contributed by atoms with Crippen molar-refractivity contribution in [1.82, 2.24) is 4.98 Å². The first kappa shape index (κ1) is 10.8. The van der Waals surface area contributed by atoms with Crippen molar-refractivity contribution in [3.63, 3.8) is 0 Å². The number of hydrogen-bond donors (Lipinski definition) is 1. The summed E-state index contributed by atoms with van der Waals surface area (Å²) in [5, 5.41) is 1.05. The molecule has 1 N–H and O–H groups in total. The summed E-state index contributed by atoms with van der Waals surface area (Å²) in [6, 6.07) is 17.7. The Balaban J connectivity index is 2.29. The molecule has 88 valence electrons. The third-order valence-electron chi connectivity index (χ3n) is 3.08. The molecule has 2 aromatic carbocycles. The molecule has 0 saturated carbocycles. The van der Waals surface area contributed by atoms with E-state index >= 15 is 0 Å². The van der Waals surface area contributed by atoms with Gasteiger partial charge in [-0.2, -0.15) is 0 Å². The molecule has 1 heterocycles. The van der Waals surface area contributed by atoms with Crippen LogP contribution in [0.2, 0.25) is 0 Å². The van der Waals surface area contributed by atoms with Crippen molar-refractivity contribution < 1.29 is 0 Å². The fraction of sp³-hybridized carbons (Fsp3) is 0.0625. The van der Waals surface area contributed by atoms with Crippen molar-refractivity contribution in [2.45, 2.75) is 6.92 Å². The van der Waals surface area contributed by atoms with Crippen molar-refractivity contribution in [3.8, 4) is 11.1 Å². The van der Waals surface area contributed by atoms with Gasteiger partial charge in [0.1, 0.15) is 0 Å². The van der Waals surface area contributed by atoms with Crippen molar-refractivity contribution >= 4 is 10.9 Å². The topological polar surface area (TPSA) is 32.9 Å². The van der Waals surface area contributed by atoms with E-state index in [1.807, 2.05) is 61.5 Å². The van der Waals surface area contributed by atoms with Crippen LogP contribution in [-0.2, 0) is 0 Å². The van der Waals surface area contributed by atoms with Crippen LogP contribution in [0.1, 0.15) is 5.56 Å². The van der Waals surface area contributed by atoms with Crippen LogP contribution < -0.4 is 5.56 Å². The normalized spacial score (nSPS) is 10.7. The van der Waals surface area contributed by atoms with Crippen LogP contribution in [0.5, 0.6) is 0 Å². The first-order valence-electron chi connectivity index (χ1n) is 5.93. The third kappa shape index (κ3) is 1.82. The van der Waals surface area contributed by atoms with Crippen LogP contribution in [0.25, 0.3) is 22.0 Å². The number of hydrogen-bond acceptors (Lipinski definition) is 1. The van der Waals surface area contributed by atoms with Crippen LogP contribution >= 0.6 is 0 Å². The second-order valence-corrected chi connectivity index (χ2v) is 4.47. The maximum atomic E-state index is 12.1. The van der Waals surface area contributed by atoms with E-state index in [4.69, 9.17) is 0 Å². The first-order valence-corrected chi connectivity index (χ1v) is 5.93. The molecule has 0 unspecified atom stereocenters. The number of nitrogens with one attached hydrogen (secondary N) is 1. The van der Waals surface area contributed by atoms with Gasteiger partial charge in [-0.05, 0) is 30.0 Å². The van der Waals surface area contributed by atoms with Gasteiger partial charge in [0.2, 0.25) is 0 Å². The highest BCUT2D eigenvalue weighted by Gasteiger charge is 2.05. The lowest BCUT2D eigenvalue weighted by Crippen LogP contribution is -2.08. The number of para-hydroxylation sites is 1. The van der Waals surface area contributed by atoms with Crippen LogP contribution in [-0.4, -0.2) is 4.98 Å². The number of rotatable bonds is 1. The van der Waals surface area contributed by atoms with Gasteiger partial charge in [0.05, 0.1) is 0 Å². The van der Waals surface area contributed by atoms with E-state index < -0.39 is 0 Å². The van der Waals surface area contributed by atoms with Crippen LogP contribution in [0.3, 0.4) is 0 Å².